The smallest absolute Gasteiger partial charge is 0.146 e. The molecule has 0 aliphatic rings. The van der Waals surface area contributed by atoms with E-state index >= 15 is 0 Å². The van der Waals surface area contributed by atoms with E-state index in [2.05, 4.69) is 15.9 Å². The molecular weight excluding hydrogens is 258 g/mol. The third-order valence-electron chi connectivity index (χ3n) is 1.82. The summed E-state index contributed by atoms with van der Waals surface area (Å²) in [4.78, 5) is 0. The fourth-order valence-electron chi connectivity index (χ4n) is 1.11. The van der Waals surface area contributed by atoms with Crippen LogP contribution in [0.1, 0.15) is 18.1 Å². The normalized spacial score (nSPS) is 12.9. The zero-order chi connectivity index (χ0) is 10.7. The number of hydrogen-bond donors (Lipinski definition) is 2. The van der Waals surface area contributed by atoms with Gasteiger partial charge < -0.3 is 10.2 Å². The van der Waals surface area contributed by atoms with Crippen LogP contribution in [0.25, 0.3) is 0 Å². The Morgan fingerprint density at radius 2 is 2.00 bits per heavy atom. The molecule has 78 valence electrons. The summed E-state index contributed by atoms with van der Waals surface area (Å²) in [5, 5.41) is 17.9. The molecule has 0 bridgehead atoms. The Morgan fingerprint density at radius 1 is 1.36 bits per heavy atom. The van der Waals surface area contributed by atoms with Crippen LogP contribution < -0.4 is 0 Å². The summed E-state index contributed by atoms with van der Waals surface area (Å²) >= 11 is 2.88. The third-order valence-corrected chi connectivity index (χ3v) is 2.43. The van der Waals surface area contributed by atoms with E-state index in [1.165, 1.54) is 6.07 Å². The highest BCUT2D eigenvalue weighted by Crippen LogP contribution is 2.27. The molecule has 0 amide bonds. The molecule has 0 spiro atoms. The quantitative estimate of drug-likeness (QED) is 0.824. The van der Waals surface area contributed by atoms with Crippen LogP contribution in [0.15, 0.2) is 16.6 Å². The Balaban J connectivity index is 3.11. The molecule has 0 heterocycles. The van der Waals surface area contributed by atoms with Crippen molar-refractivity contribution in [1.82, 2.24) is 0 Å². The van der Waals surface area contributed by atoms with Gasteiger partial charge in [0.05, 0.1) is 16.1 Å². The average Bonchev–Trinajstić information content (AvgIpc) is 2.13. The second kappa shape index (κ2) is 4.82. The second-order valence-corrected chi connectivity index (χ2v) is 3.64. The Labute approximate surface area is 88.3 Å². The number of aliphatic hydroxyl groups is 2. The standard InChI is InChI=1S/C9H9BrF2O2/c10-5-1-2-6(11)8(9(5)12)7(14)3-4-13/h1-2,7,13-14H,3-4H2. The minimum atomic E-state index is -1.32. The molecule has 14 heavy (non-hydrogen) atoms. The van der Waals surface area contributed by atoms with Gasteiger partial charge in [-0.1, -0.05) is 0 Å². The molecule has 5 heteroatoms. The van der Waals surface area contributed by atoms with Gasteiger partial charge in [-0.3, -0.25) is 0 Å². The molecule has 1 aromatic rings. The predicted molar refractivity (Wildman–Crippen MR) is 50.7 cm³/mol. The van der Waals surface area contributed by atoms with E-state index in [0.717, 1.165) is 6.07 Å². The zero-order valence-corrected chi connectivity index (χ0v) is 8.76. The van der Waals surface area contributed by atoms with Crippen molar-refractivity contribution in [2.24, 2.45) is 0 Å². The summed E-state index contributed by atoms with van der Waals surface area (Å²) in [5.41, 5.74) is -0.409. The lowest BCUT2D eigenvalue weighted by Crippen LogP contribution is -2.06. The first-order chi connectivity index (χ1) is 6.57. The van der Waals surface area contributed by atoms with Crippen LogP contribution in [0.3, 0.4) is 0 Å². The van der Waals surface area contributed by atoms with Gasteiger partial charge in [0.15, 0.2) is 0 Å². The van der Waals surface area contributed by atoms with Crippen molar-refractivity contribution in [2.75, 3.05) is 6.61 Å². The zero-order valence-electron chi connectivity index (χ0n) is 7.17. The van der Waals surface area contributed by atoms with Gasteiger partial charge in [0.2, 0.25) is 0 Å². The second-order valence-electron chi connectivity index (χ2n) is 2.78. The first-order valence-corrected chi connectivity index (χ1v) is 4.79. The fourth-order valence-corrected chi connectivity index (χ4v) is 1.46. The SMILES string of the molecule is OCCC(O)c1c(F)ccc(Br)c1F. The van der Waals surface area contributed by atoms with E-state index in [4.69, 9.17) is 5.11 Å². The van der Waals surface area contributed by atoms with Gasteiger partial charge in [0, 0.05) is 13.0 Å². The van der Waals surface area contributed by atoms with E-state index in [1.54, 1.807) is 0 Å². The van der Waals surface area contributed by atoms with Gasteiger partial charge in [-0.2, -0.15) is 0 Å². The van der Waals surface area contributed by atoms with E-state index < -0.39 is 23.3 Å². The van der Waals surface area contributed by atoms with Crippen molar-refractivity contribution in [2.45, 2.75) is 12.5 Å². The van der Waals surface area contributed by atoms with E-state index in [0.29, 0.717) is 0 Å². The predicted octanol–water partition coefficient (Wildman–Crippen LogP) is 2.14. The number of aliphatic hydroxyl groups excluding tert-OH is 2. The minimum Gasteiger partial charge on any atom is -0.396 e. The van der Waals surface area contributed by atoms with Gasteiger partial charge in [-0.25, -0.2) is 8.78 Å². The molecule has 1 atom stereocenters. The van der Waals surface area contributed by atoms with Crippen molar-refractivity contribution < 1.29 is 19.0 Å². The minimum absolute atomic E-state index is 0.0888. The summed E-state index contributed by atoms with van der Waals surface area (Å²) < 4.78 is 26.5. The number of hydrogen-bond acceptors (Lipinski definition) is 2. The van der Waals surface area contributed by atoms with Crippen LogP contribution in [0.4, 0.5) is 8.78 Å². The van der Waals surface area contributed by atoms with E-state index in [-0.39, 0.29) is 17.5 Å². The molecule has 0 saturated carbocycles. The monoisotopic (exact) mass is 266 g/mol. The maximum Gasteiger partial charge on any atom is 0.146 e. The highest BCUT2D eigenvalue weighted by atomic mass is 79.9. The van der Waals surface area contributed by atoms with Crippen LogP contribution in [0, 0.1) is 11.6 Å². The maximum atomic E-state index is 13.3. The molecule has 1 aromatic carbocycles. The average molecular weight is 267 g/mol. The van der Waals surface area contributed by atoms with E-state index in [1.807, 2.05) is 0 Å². The first kappa shape index (κ1) is 11.6. The molecule has 0 aromatic heterocycles. The van der Waals surface area contributed by atoms with Gasteiger partial charge in [0.25, 0.3) is 0 Å². The van der Waals surface area contributed by atoms with Crippen molar-refractivity contribution in [1.29, 1.82) is 0 Å². The van der Waals surface area contributed by atoms with Crippen LogP contribution in [0.5, 0.6) is 0 Å². The Bertz CT molecular complexity index is 331. The topological polar surface area (TPSA) is 40.5 Å². The summed E-state index contributed by atoms with van der Waals surface area (Å²) in [5.74, 6) is -1.64. The van der Waals surface area contributed by atoms with Crippen molar-refractivity contribution >= 4 is 15.9 Å². The van der Waals surface area contributed by atoms with Crippen LogP contribution in [-0.2, 0) is 0 Å². The van der Waals surface area contributed by atoms with Gasteiger partial charge in [0.1, 0.15) is 11.6 Å². The van der Waals surface area contributed by atoms with Gasteiger partial charge in [-0.05, 0) is 28.1 Å². The fraction of sp³-hybridized carbons (Fsp3) is 0.333. The van der Waals surface area contributed by atoms with Crippen molar-refractivity contribution in [3.63, 3.8) is 0 Å². The summed E-state index contributed by atoms with van der Waals surface area (Å²) in [6, 6.07) is 2.28. The van der Waals surface area contributed by atoms with Gasteiger partial charge in [-0.15, -0.1) is 0 Å². The largest absolute Gasteiger partial charge is 0.396 e. The summed E-state index contributed by atoms with van der Waals surface area (Å²) in [6.45, 7) is -0.327. The number of rotatable bonds is 3. The lowest BCUT2D eigenvalue weighted by atomic mass is 10.1. The molecule has 2 N–H and O–H groups in total. The Hall–Kier alpha value is -0.520. The highest BCUT2D eigenvalue weighted by Gasteiger charge is 2.19. The molecule has 0 aliphatic heterocycles. The maximum absolute atomic E-state index is 13.3. The summed E-state index contributed by atoms with van der Waals surface area (Å²) in [7, 11) is 0. The molecule has 0 fully saturated rings. The molecule has 0 radical (unpaired) electrons. The van der Waals surface area contributed by atoms with Crippen LogP contribution in [0.2, 0.25) is 0 Å². The lowest BCUT2D eigenvalue weighted by Gasteiger charge is -2.12. The van der Waals surface area contributed by atoms with E-state index in [9.17, 15) is 13.9 Å². The summed E-state index contributed by atoms with van der Waals surface area (Å²) in [6.07, 6.45) is -1.41. The van der Waals surface area contributed by atoms with Crippen LogP contribution >= 0.6 is 15.9 Å². The Morgan fingerprint density at radius 3 is 2.57 bits per heavy atom. The molecule has 1 unspecified atom stereocenters. The van der Waals surface area contributed by atoms with Crippen LogP contribution in [-0.4, -0.2) is 16.8 Å². The molecular formula is C9H9BrF2O2. The Kier molecular flexibility index (Phi) is 3.97. The molecule has 2 nitrogen and oxygen atoms in total. The van der Waals surface area contributed by atoms with Crippen molar-refractivity contribution in [3.05, 3.63) is 33.8 Å². The number of benzene rings is 1. The molecule has 1 rings (SSSR count). The first-order valence-electron chi connectivity index (χ1n) is 4.00. The number of halogens is 3. The van der Waals surface area contributed by atoms with Gasteiger partial charge >= 0.3 is 0 Å². The lowest BCUT2D eigenvalue weighted by molar-refractivity contribution is 0.127. The van der Waals surface area contributed by atoms with Crippen molar-refractivity contribution in [3.8, 4) is 0 Å². The third kappa shape index (κ3) is 2.29. The molecule has 0 saturated heterocycles. The molecule has 0 aliphatic carbocycles. The highest BCUT2D eigenvalue weighted by molar-refractivity contribution is 9.10.